The van der Waals surface area contributed by atoms with Gasteiger partial charge in [0.15, 0.2) is 5.69 Å². The molecular formula is C14H19N3O4. The molecule has 1 aromatic rings. The van der Waals surface area contributed by atoms with E-state index in [4.69, 9.17) is 10.5 Å². The minimum absolute atomic E-state index is 0.142. The fraction of sp³-hybridized carbons (Fsp3) is 0.429. The second-order valence-corrected chi connectivity index (χ2v) is 4.66. The standard InChI is InChI=1S/C14H19N3O4/c1-4-5-6-10(3)21-14-9(2)7-11(17(19)20)13(16-14)12(18)8-15/h4,7,10H,1,5-6,8,15H2,2-3H3/t10-/m1/s1. The molecule has 1 atom stereocenters. The van der Waals surface area contributed by atoms with E-state index in [1.165, 1.54) is 6.07 Å². The van der Waals surface area contributed by atoms with E-state index in [-0.39, 0.29) is 29.9 Å². The van der Waals surface area contributed by atoms with Gasteiger partial charge in [-0.1, -0.05) is 6.08 Å². The van der Waals surface area contributed by atoms with Crippen molar-refractivity contribution in [2.24, 2.45) is 5.73 Å². The summed E-state index contributed by atoms with van der Waals surface area (Å²) in [6, 6.07) is 1.28. The number of pyridine rings is 1. The highest BCUT2D eigenvalue weighted by Crippen LogP contribution is 2.26. The predicted molar refractivity (Wildman–Crippen MR) is 78.5 cm³/mol. The van der Waals surface area contributed by atoms with Gasteiger partial charge in [0.25, 0.3) is 5.69 Å². The molecule has 0 saturated heterocycles. The van der Waals surface area contributed by atoms with E-state index in [1.807, 2.05) is 6.92 Å². The van der Waals surface area contributed by atoms with E-state index >= 15 is 0 Å². The minimum atomic E-state index is -0.645. The van der Waals surface area contributed by atoms with E-state index in [0.29, 0.717) is 5.56 Å². The topological polar surface area (TPSA) is 108 Å². The molecule has 114 valence electrons. The Hall–Kier alpha value is -2.28. The Morgan fingerprint density at radius 1 is 1.67 bits per heavy atom. The number of nitrogens with two attached hydrogens (primary N) is 1. The van der Waals surface area contributed by atoms with Crippen molar-refractivity contribution in [3.8, 4) is 5.88 Å². The summed E-state index contributed by atoms with van der Waals surface area (Å²) in [5.74, 6) is -0.376. The molecule has 0 unspecified atom stereocenters. The molecule has 0 aliphatic rings. The smallest absolute Gasteiger partial charge is 0.299 e. The monoisotopic (exact) mass is 293 g/mol. The maximum Gasteiger partial charge on any atom is 0.299 e. The van der Waals surface area contributed by atoms with Gasteiger partial charge >= 0.3 is 0 Å². The average Bonchev–Trinajstić information content (AvgIpc) is 2.45. The normalized spacial score (nSPS) is 11.8. The molecular weight excluding hydrogens is 274 g/mol. The fourth-order valence-corrected chi connectivity index (χ4v) is 1.74. The van der Waals surface area contributed by atoms with Crippen LogP contribution in [-0.2, 0) is 0 Å². The first-order valence-electron chi connectivity index (χ1n) is 6.57. The number of rotatable bonds is 8. The maximum atomic E-state index is 11.7. The van der Waals surface area contributed by atoms with Gasteiger partial charge in [0.05, 0.1) is 17.6 Å². The van der Waals surface area contributed by atoms with Crippen molar-refractivity contribution in [3.63, 3.8) is 0 Å². The number of allylic oxidation sites excluding steroid dienone is 1. The van der Waals surface area contributed by atoms with Crippen molar-refractivity contribution in [2.75, 3.05) is 6.54 Å². The lowest BCUT2D eigenvalue weighted by molar-refractivity contribution is -0.385. The molecule has 0 radical (unpaired) electrons. The highest BCUT2D eigenvalue weighted by atomic mass is 16.6. The first kappa shape index (κ1) is 16.8. The van der Waals surface area contributed by atoms with Crippen molar-refractivity contribution in [3.05, 3.63) is 40.1 Å². The van der Waals surface area contributed by atoms with Crippen LogP contribution in [0.25, 0.3) is 0 Å². The minimum Gasteiger partial charge on any atom is -0.474 e. The molecule has 0 saturated carbocycles. The Morgan fingerprint density at radius 3 is 2.86 bits per heavy atom. The summed E-state index contributed by atoms with van der Waals surface area (Å²) in [6.07, 6.45) is 3.15. The molecule has 1 rings (SSSR count). The summed E-state index contributed by atoms with van der Waals surface area (Å²) in [4.78, 5) is 26.0. The van der Waals surface area contributed by atoms with Crippen LogP contribution in [0.15, 0.2) is 18.7 Å². The quantitative estimate of drug-likeness (QED) is 0.340. The number of nitro groups is 1. The molecule has 2 N–H and O–H groups in total. The Kier molecular flexibility index (Phi) is 5.98. The van der Waals surface area contributed by atoms with Gasteiger partial charge in [-0.05, 0) is 26.7 Å². The van der Waals surface area contributed by atoms with Crippen LogP contribution in [0.3, 0.4) is 0 Å². The Morgan fingerprint density at radius 2 is 2.33 bits per heavy atom. The first-order chi connectivity index (χ1) is 9.90. The maximum absolute atomic E-state index is 11.7. The van der Waals surface area contributed by atoms with Crippen LogP contribution in [-0.4, -0.2) is 28.3 Å². The van der Waals surface area contributed by atoms with E-state index < -0.39 is 10.7 Å². The molecule has 0 amide bonds. The van der Waals surface area contributed by atoms with E-state index in [1.54, 1.807) is 13.0 Å². The van der Waals surface area contributed by atoms with Gasteiger partial charge in [-0.3, -0.25) is 14.9 Å². The molecule has 0 bridgehead atoms. The van der Waals surface area contributed by atoms with Crippen molar-refractivity contribution in [2.45, 2.75) is 32.8 Å². The molecule has 7 nitrogen and oxygen atoms in total. The summed E-state index contributed by atoms with van der Waals surface area (Å²) < 4.78 is 5.64. The number of carbonyl (C=O) groups is 1. The second kappa shape index (κ2) is 7.49. The Labute approximate surface area is 123 Å². The number of hydrogen-bond acceptors (Lipinski definition) is 6. The Bertz CT molecular complexity index is 557. The van der Waals surface area contributed by atoms with Gasteiger partial charge in [-0.25, -0.2) is 4.98 Å². The molecule has 1 heterocycles. The number of aromatic nitrogens is 1. The van der Waals surface area contributed by atoms with Crippen LogP contribution in [0.1, 0.15) is 35.8 Å². The largest absolute Gasteiger partial charge is 0.474 e. The van der Waals surface area contributed by atoms with E-state index in [0.717, 1.165) is 12.8 Å². The van der Waals surface area contributed by atoms with Crippen LogP contribution < -0.4 is 10.5 Å². The second-order valence-electron chi connectivity index (χ2n) is 4.66. The number of carbonyl (C=O) groups excluding carboxylic acids is 1. The third-order valence-corrected chi connectivity index (χ3v) is 2.88. The van der Waals surface area contributed by atoms with Crippen LogP contribution in [0.5, 0.6) is 5.88 Å². The number of Topliss-reactive ketones (excluding diaryl/α,β-unsaturated/α-hetero) is 1. The van der Waals surface area contributed by atoms with Crippen molar-refractivity contribution >= 4 is 11.5 Å². The first-order valence-corrected chi connectivity index (χ1v) is 6.57. The predicted octanol–water partition coefficient (Wildman–Crippen LogP) is 2.17. The molecule has 7 heteroatoms. The molecule has 0 aliphatic heterocycles. The molecule has 0 aromatic carbocycles. The number of hydrogen-bond donors (Lipinski definition) is 1. The van der Waals surface area contributed by atoms with E-state index in [2.05, 4.69) is 11.6 Å². The number of aryl methyl sites for hydroxylation is 1. The summed E-state index contributed by atoms with van der Waals surface area (Å²) in [6.45, 7) is 6.79. The van der Waals surface area contributed by atoms with Crippen LogP contribution in [0.4, 0.5) is 5.69 Å². The lowest BCUT2D eigenvalue weighted by Crippen LogP contribution is -2.19. The number of nitrogens with zero attached hydrogens (tertiary/aromatic N) is 2. The lowest BCUT2D eigenvalue weighted by atomic mass is 10.1. The number of ether oxygens (including phenoxy) is 1. The average molecular weight is 293 g/mol. The van der Waals surface area contributed by atoms with Crippen LogP contribution >= 0.6 is 0 Å². The van der Waals surface area contributed by atoms with E-state index in [9.17, 15) is 14.9 Å². The zero-order valence-electron chi connectivity index (χ0n) is 12.2. The van der Waals surface area contributed by atoms with Gasteiger partial charge in [0.2, 0.25) is 11.7 Å². The highest BCUT2D eigenvalue weighted by Gasteiger charge is 2.24. The van der Waals surface area contributed by atoms with Crippen LogP contribution in [0.2, 0.25) is 0 Å². The Balaban J connectivity index is 3.13. The fourth-order valence-electron chi connectivity index (χ4n) is 1.74. The molecule has 1 aromatic heterocycles. The summed E-state index contributed by atoms with van der Waals surface area (Å²) in [5.41, 5.74) is 5.15. The molecule has 0 aliphatic carbocycles. The van der Waals surface area contributed by atoms with Crippen molar-refractivity contribution in [1.29, 1.82) is 0 Å². The van der Waals surface area contributed by atoms with Gasteiger partial charge in [0, 0.05) is 11.6 Å². The summed E-state index contributed by atoms with van der Waals surface area (Å²) in [7, 11) is 0. The lowest BCUT2D eigenvalue weighted by Gasteiger charge is -2.15. The molecule has 0 spiro atoms. The van der Waals surface area contributed by atoms with Crippen LogP contribution in [0, 0.1) is 17.0 Å². The molecule has 0 fully saturated rings. The number of ketones is 1. The van der Waals surface area contributed by atoms with Crippen molar-refractivity contribution < 1.29 is 14.5 Å². The molecule has 21 heavy (non-hydrogen) atoms. The van der Waals surface area contributed by atoms with Gasteiger partial charge in [0.1, 0.15) is 0 Å². The third kappa shape index (κ3) is 4.35. The van der Waals surface area contributed by atoms with Gasteiger partial charge < -0.3 is 10.5 Å². The van der Waals surface area contributed by atoms with Crippen molar-refractivity contribution in [1.82, 2.24) is 4.98 Å². The third-order valence-electron chi connectivity index (χ3n) is 2.88. The zero-order valence-corrected chi connectivity index (χ0v) is 12.2. The summed E-state index contributed by atoms with van der Waals surface area (Å²) in [5, 5.41) is 11.0. The summed E-state index contributed by atoms with van der Waals surface area (Å²) >= 11 is 0. The zero-order chi connectivity index (χ0) is 16.0. The van der Waals surface area contributed by atoms with Gasteiger partial charge in [-0.2, -0.15) is 0 Å². The SMILES string of the molecule is C=CCC[C@@H](C)Oc1nc(C(=O)CN)c([N+](=O)[O-])cc1C. The van der Waals surface area contributed by atoms with Gasteiger partial charge in [-0.15, -0.1) is 6.58 Å². The highest BCUT2D eigenvalue weighted by molar-refractivity contribution is 5.99.